The van der Waals surface area contributed by atoms with Gasteiger partial charge in [-0.15, -0.1) is 22.8 Å². The van der Waals surface area contributed by atoms with Gasteiger partial charge in [0, 0.05) is 0 Å². The van der Waals surface area contributed by atoms with Crippen LogP contribution in [0.5, 0.6) is 0 Å². The highest BCUT2D eigenvalue weighted by Crippen LogP contribution is 2.11. The van der Waals surface area contributed by atoms with Crippen LogP contribution in [0.3, 0.4) is 0 Å². The molecule has 1 aromatic carbocycles. The number of benzene rings is 1. The average molecular weight is 293 g/mol. The molecule has 0 radical (unpaired) electrons. The molecule has 0 bridgehead atoms. The topological polar surface area (TPSA) is 95.1 Å². The van der Waals surface area contributed by atoms with Crippen LogP contribution in [0, 0.1) is 0 Å². The maximum atomic E-state index is 11.7. The summed E-state index contributed by atoms with van der Waals surface area (Å²) in [5.41, 5.74) is 0.912. The van der Waals surface area contributed by atoms with E-state index < -0.39 is 12.1 Å². The van der Waals surface area contributed by atoms with E-state index in [0.29, 0.717) is 5.82 Å². The zero-order chi connectivity index (χ0) is 14.5. The van der Waals surface area contributed by atoms with Gasteiger partial charge in [-0.2, -0.15) is 0 Å². The number of rotatable bonds is 4. The molecule has 3 N–H and O–H groups in total. The van der Waals surface area contributed by atoms with Crippen molar-refractivity contribution in [3.8, 4) is 0 Å². The van der Waals surface area contributed by atoms with Crippen molar-refractivity contribution < 1.29 is 9.53 Å². The molecule has 1 heterocycles. The summed E-state index contributed by atoms with van der Waals surface area (Å²) in [6, 6.07) is 8.97. The largest absolute Gasteiger partial charge is 0.445 e. The number of alkyl carbamates (subject to hydrolysis) is 1. The van der Waals surface area contributed by atoms with E-state index in [4.69, 9.17) is 10.6 Å². The third kappa shape index (κ3) is 3.41. The Kier molecular flexibility index (Phi) is 4.46. The third-order valence-corrected chi connectivity index (χ3v) is 2.94. The number of ether oxygens (including phenoxy) is 1. The highest BCUT2D eigenvalue weighted by molar-refractivity contribution is 7.80. The summed E-state index contributed by atoms with van der Waals surface area (Å²) < 4.78 is 6.30. The Morgan fingerprint density at radius 1 is 1.45 bits per heavy atom. The van der Waals surface area contributed by atoms with Gasteiger partial charge in [-0.25, -0.2) is 9.47 Å². The van der Waals surface area contributed by atoms with E-state index in [1.807, 2.05) is 30.3 Å². The molecule has 0 fully saturated rings. The maximum Gasteiger partial charge on any atom is 0.408 e. The van der Waals surface area contributed by atoms with Gasteiger partial charge < -0.3 is 15.9 Å². The standard InChI is InChI=1S/C12H15N5O2S/c1-8(10-15-16-11(20)17(10)13)14-12(18)19-7-9-5-3-2-4-6-9/h2-6,8H,7,13H2,1H3,(H,14,18)(H,16,20)/t8-/m1/s1. The zero-order valence-electron chi connectivity index (χ0n) is 10.9. The molecule has 0 aliphatic rings. The van der Waals surface area contributed by atoms with Gasteiger partial charge >= 0.3 is 6.09 Å². The van der Waals surface area contributed by atoms with Crippen molar-refractivity contribution in [3.63, 3.8) is 0 Å². The van der Waals surface area contributed by atoms with E-state index >= 15 is 0 Å². The number of aromatic nitrogens is 3. The number of hydrogen-bond donors (Lipinski definition) is 3. The number of nitrogens with one attached hydrogen (secondary N) is 1. The van der Waals surface area contributed by atoms with Crippen molar-refractivity contribution in [1.29, 1.82) is 0 Å². The number of nitrogen functional groups attached to an aromatic ring is 1. The van der Waals surface area contributed by atoms with Crippen LogP contribution in [0.2, 0.25) is 0 Å². The molecular formula is C12H15N5O2S. The van der Waals surface area contributed by atoms with Gasteiger partial charge in [-0.3, -0.25) is 0 Å². The van der Waals surface area contributed by atoms with E-state index in [9.17, 15) is 4.79 Å². The maximum absolute atomic E-state index is 11.7. The van der Waals surface area contributed by atoms with E-state index in [1.165, 1.54) is 4.68 Å². The fraction of sp³-hybridized carbons (Fsp3) is 0.250. The number of carbonyl (C=O) groups excluding carboxylic acids is 1. The molecule has 0 unspecified atom stereocenters. The fourth-order valence-electron chi connectivity index (χ4n) is 1.60. The lowest BCUT2D eigenvalue weighted by atomic mass is 10.2. The molecule has 1 aromatic heterocycles. The van der Waals surface area contributed by atoms with Crippen LogP contribution in [0.15, 0.2) is 35.5 Å². The van der Waals surface area contributed by atoms with Crippen molar-refractivity contribution in [3.05, 3.63) is 41.7 Å². The zero-order valence-corrected chi connectivity index (χ0v) is 11.7. The Morgan fingerprint density at radius 3 is 2.75 bits per heavy atom. The summed E-state index contributed by atoms with van der Waals surface area (Å²) in [6.07, 6.45) is -0.551. The van der Waals surface area contributed by atoms with Crippen LogP contribution in [0.4, 0.5) is 4.79 Å². The lowest BCUT2D eigenvalue weighted by Gasteiger charge is -2.13. The van der Waals surface area contributed by atoms with Gasteiger partial charge in [-0.1, -0.05) is 30.3 Å². The smallest absolute Gasteiger partial charge is 0.408 e. The summed E-state index contributed by atoms with van der Waals surface area (Å²) in [5.74, 6) is 6.06. The minimum absolute atomic E-state index is 0.201. The Bertz CT molecular complexity index is 587. The molecule has 0 saturated heterocycles. The molecule has 1 atom stereocenters. The Morgan fingerprint density at radius 2 is 2.15 bits per heavy atom. The van der Waals surface area contributed by atoms with Crippen molar-refractivity contribution in [2.24, 2.45) is 0 Å². The number of carbonyl (C=O) groups is 1. The molecular weight excluding hydrogens is 278 g/mol. The van der Waals surface area contributed by atoms with Crippen molar-refractivity contribution in [1.82, 2.24) is 20.2 Å². The van der Waals surface area contributed by atoms with Crippen LogP contribution < -0.4 is 11.2 Å². The first-order chi connectivity index (χ1) is 9.58. The van der Waals surface area contributed by atoms with Gasteiger partial charge in [0.15, 0.2) is 5.82 Å². The minimum atomic E-state index is -0.551. The second-order valence-electron chi connectivity index (χ2n) is 4.16. The minimum Gasteiger partial charge on any atom is -0.445 e. The predicted octanol–water partition coefficient (Wildman–Crippen LogP) is 1.27. The molecule has 2 rings (SSSR count). The number of thiol groups is 1. The fourth-order valence-corrected chi connectivity index (χ4v) is 1.74. The molecule has 0 saturated carbocycles. The monoisotopic (exact) mass is 293 g/mol. The molecule has 106 valence electrons. The predicted molar refractivity (Wildman–Crippen MR) is 75.6 cm³/mol. The van der Waals surface area contributed by atoms with Crippen LogP contribution in [0.1, 0.15) is 24.4 Å². The summed E-state index contributed by atoms with van der Waals surface area (Å²) in [5, 5.41) is 10.4. The van der Waals surface area contributed by atoms with E-state index in [1.54, 1.807) is 6.92 Å². The van der Waals surface area contributed by atoms with Crippen LogP contribution in [-0.2, 0) is 11.3 Å². The SMILES string of the molecule is C[C@@H](NC(=O)OCc1ccccc1)c1nnc(S)n1N. The molecule has 0 aliphatic carbocycles. The highest BCUT2D eigenvalue weighted by atomic mass is 32.1. The van der Waals surface area contributed by atoms with Crippen LogP contribution in [0.25, 0.3) is 0 Å². The Hall–Kier alpha value is -2.22. The van der Waals surface area contributed by atoms with E-state index in [2.05, 4.69) is 28.1 Å². The quantitative estimate of drug-likeness (QED) is 0.583. The third-order valence-electron chi connectivity index (χ3n) is 2.64. The normalized spacial score (nSPS) is 11.9. The second-order valence-corrected chi connectivity index (χ2v) is 4.56. The van der Waals surface area contributed by atoms with Crippen molar-refractivity contribution in [2.75, 3.05) is 5.84 Å². The van der Waals surface area contributed by atoms with Crippen molar-refractivity contribution >= 4 is 18.7 Å². The van der Waals surface area contributed by atoms with Gasteiger partial charge in [-0.05, 0) is 12.5 Å². The molecule has 0 spiro atoms. The first-order valence-corrected chi connectivity index (χ1v) is 6.39. The lowest BCUT2D eigenvalue weighted by Crippen LogP contribution is -2.30. The molecule has 8 heteroatoms. The number of nitrogens with two attached hydrogens (primary N) is 1. The molecule has 0 aliphatic heterocycles. The molecule has 7 nitrogen and oxygen atoms in total. The first kappa shape index (κ1) is 14.2. The van der Waals surface area contributed by atoms with Crippen LogP contribution in [-0.4, -0.2) is 21.0 Å². The molecule has 1 amide bonds. The van der Waals surface area contributed by atoms with Crippen LogP contribution >= 0.6 is 12.6 Å². The summed E-state index contributed by atoms with van der Waals surface area (Å²) in [7, 11) is 0. The van der Waals surface area contributed by atoms with Gasteiger partial charge in [0.2, 0.25) is 5.16 Å². The second kappa shape index (κ2) is 6.29. The van der Waals surface area contributed by atoms with Gasteiger partial charge in [0.05, 0.1) is 6.04 Å². The van der Waals surface area contributed by atoms with Gasteiger partial charge in [0.25, 0.3) is 0 Å². The summed E-state index contributed by atoms with van der Waals surface area (Å²) >= 11 is 4.01. The number of hydrogen-bond acceptors (Lipinski definition) is 6. The Balaban J connectivity index is 1.87. The van der Waals surface area contributed by atoms with Gasteiger partial charge in [0.1, 0.15) is 6.61 Å². The summed E-state index contributed by atoms with van der Waals surface area (Å²) in [6.45, 7) is 1.93. The number of nitrogens with zero attached hydrogens (tertiary/aromatic N) is 3. The number of amides is 1. The molecule has 2 aromatic rings. The first-order valence-electron chi connectivity index (χ1n) is 5.94. The van der Waals surface area contributed by atoms with E-state index in [0.717, 1.165) is 5.56 Å². The summed E-state index contributed by atoms with van der Waals surface area (Å²) in [4.78, 5) is 11.7. The Labute approximate surface area is 121 Å². The molecule has 20 heavy (non-hydrogen) atoms. The lowest BCUT2D eigenvalue weighted by molar-refractivity contribution is 0.136. The van der Waals surface area contributed by atoms with E-state index in [-0.39, 0.29) is 11.8 Å². The highest BCUT2D eigenvalue weighted by Gasteiger charge is 2.17. The van der Waals surface area contributed by atoms with Crippen molar-refractivity contribution in [2.45, 2.75) is 24.7 Å². The average Bonchev–Trinajstić information content (AvgIpc) is 2.78.